The van der Waals surface area contributed by atoms with Gasteiger partial charge in [0.05, 0.1) is 5.69 Å². The molecule has 1 N–H and O–H groups in total. The van der Waals surface area contributed by atoms with Crippen LogP contribution < -0.4 is 5.32 Å². The quantitative estimate of drug-likeness (QED) is 0.861. The van der Waals surface area contributed by atoms with Gasteiger partial charge in [0.25, 0.3) is 0 Å². The molecule has 0 aliphatic heterocycles. The standard InChI is InChI=1S/C12H17N3S/c1-10(8-12-4-3-7-16-12)13-9-11-5-6-15(2)14-11/h3-7,10,13H,8-9H2,1-2H3. The number of nitrogens with one attached hydrogen (secondary N) is 1. The van der Waals surface area contributed by atoms with Crippen LogP contribution in [-0.4, -0.2) is 15.8 Å². The highest BCUT2D eigenvalue weighted by molar-refractivity contribution is 7.09. The molecule has 0 bridgehead atoms. The maximum Gasteiger partial charge on any atom is 0.0762 e. The maximum absolute atomic E-state index is 4.34. The molecule has 0 spiro atoms. The molecule has 0 fully saturated rings. The summed E-state index contributed by atoms with van der Waals surface area (Å²) in [6.07, 6.45) is 3.06. The molecule has 2 aromatic heterocycles. The van der Waals surface area contributed by atoms with Gasteiger partial charge in [-0.3, -0.25) is 4.68 Å². The Hall–Kier alpha value is -1.13. The molecule has 3 nitrogen and oxygen atoms in total. The van der Waals surface area contributed by atoms with Gasteiger partial charge in [-0.25, -0.2) is 0 Å². The van der Waals surface area contributed by atoms with Crippen molar-refractivity contribution in [2.45, 2.75) is 25.9 Å². The minimum absolute atomic E-state index is 0.487. The van der Waals surface area contributed by atoms with Crippen LogP contribution in [0.25, 0.3) is 0 Å². The molecule has 1 unspecified atom stereocenters. The van der Waals surface area contributed by atoms with Crippen molar-refractivity contribution in [3.63, 3.8) is 0 Å². The summed E-state index contributed by atoms with van der Waals surface area (Å²) in [7, 11) is 1.94. The zero-order valence-electron chi connectivity index (χ0n) is 9.68. The molecule has 0 aromatic carbocycles. The molecule has 1 atom stereocenters. The van der Waals surface area contributed by atoms with E-state index in [0.29, 0.717) is 6.04 Å². The Labute approximate surface area is 100 Å². The average molecular weight is 235 g/mol. The van der Waals surface area contributed by atoms with Gasteiger partial charge < -0.3 is 5.32 Å². The molecule has 86 valence electrons. The molecule has 4 heteroatoms. The fourth-order valence-electron chi connectivity index (χ4n) is 1.64. The summed E-state index contributed by atoms with van der Waals surface area (Å²) in [5, 5.41) is 9.94. The summed E-state index contributed by atoms with van der Waals surface area (Å²) in [5.41, 5.74) is 1.10. The fourth-order valence-corrected chi connectivity index (χ4v) is 2.47. The van der Waals surface area contributed by atoms with Crippen molar-refractivity contribution in [1.29, 1.82) is 0 Å². The van der Waals surface area contributed by atoms with Gasteiger partial charge in [-0.05, 0) is 30.9 Å². The average Bonchev–Trinajstić information content (AvgIpc) is 2.87. The summed E-state index contributed by atoms with van der Waals surface area (Å²) in [5.74, 6) is 0. The van der Waals surface area contributed by atoms with Gasteiger partial charge in [0.2, 0.25) is 0 Å². The highest BCUT2D eigenvalue weighted by atomic mass is 32.1. The Morgan fingerprint density at radius 3 is 3.00 bits per heavy atom. The fraction of sp³-hybridized carbons (Fsp3) is 0.417. The van der Waals surface area contributed by atoms with Crippen molar-refractivity contribution in [3.05, 3.63) is 40.3 Å². The molecule has 2 rings (SSSR count). The molecular formula is C12H17N3S. The second-order valence-electron chi connectivity index (χ2n) is 4.05. The predicted octanol–water partition coefficient (Wildman–Crippen LogP) is 2.20. The zero-order chi connectivity index (χ0) is 11.4. The van der Waals surface area contributed by atoms with Gasteiger partial charge in [0, 0.05) is 30.7 Å². The molecular weight excluding hydrogens is 218 g/mol. The summed E-state index contributed by atoms with van der Waals surface area (Å²) in [6, 6.07) is 6.82. The third-order valence-corrected chi connectivity index (χ3v) is 3.39. The van der Waals surface area contributed by atoms with Crippen molar-refractivity contribution in [3.8, 4) is 0 Å². The van der Waals surface area contributed by atoms with E-state index < -0.39 is 0 Å². The lowest BCUT2D eigenvalue weighted by Gasteiger charge is -2.11. The molecule has 0 aliphatic rings. The van der Waals surface area contributed by atoms with E-state index >= 15 is 0 Å². The number of rotatable bonds is 5. The van der Waals surface area contributed by atoms with Gasteiger partial charge >= 0.3 is 0 Å². The first-order valence-electron chi connectivity index (χ1n) is 5.48. The Kier molecular flexibility index (Phi) is 3.74. The van der Waals surface area contributed by atoms with Gasteiger partial charge in [-0.2, -0.15) is 5.10 Å². The topological polar surface area (TPSA) is 29.9 Å². The van der Waals surface area contributed by atoms with E-state index in [1.54, 1.807) is 0 Å². The monoisotopic (exact) mass is 235 g/mol. The first-order valence-corrected chi connectivity index (χ1v) is 6.36. The molecule has 2 aromatic rings. The van der Waals surface area contributed by atoms with Crippen LogP contribution in [0.3, 0.4) is 0 Å². The van der Waals surface area contributed by atoms with Crippen molar-refractivity contribution >= 4 is 11.3 Å². The third-order valence-electron chi connectivity index (χ3n) is 2.49. The summed E-state index contributed by atoms with van der Waals surface area (Å²) in [4.78, 5) is 1.43. The Balaban J connectivity index is 1.77. The van der Waals surface area contributed by atoms with Crippen LogP contribution >= 0.6 is 11.3 Å². The Morgan fingerprint density at radius 1 is 1.50 bits per heavy atom. The van der Waals surface area contributed by atoms with Gasteiger partial charge in [-0.15, -0.1) is 11.3 Å². The number of hydrogen-bond donors (Lipinski definition) is 1. The second-order valence-corrected chi connectivity index (χ2v) is 5.08. The normalized spacial score (nSPS) is 12.9. The highest BCUT2D eigenvalue weighted by Gasteiger charge is 2.04. The molecule has 0 saturated heterocycles. The van der Waals surface area contributed by atoms with Crippen LogP contribution in [0.1, 0.15) is 17.5 Å². The number of aromatic nitrogens is 2. The van der Waals surface area contributed by atoms with Crippen LogP contribution in [-0.2, 0) is 20.0 Å². The van der Waals surface area contributed by atoms with Crippen molar-refractivity contribution in [2.24, 2.45) is 7.05 Å². The Bertz CT molecular complexity index is 419. The SMILES string of the molecule is CC(Cc1cccs1)NCc1ccn(C)n1. The van der Waals surface area contributed by atoms with Gasteiger partial charge in [-0.1, -0.05) is 6.07 Å². The molecule has 0 saturated carbocycles. The molecule has 0 radical (unpaired) electrons. The largest absolute Gasteiger partial charge is 0.308 e. The lowest BCUT2D eigenvalue weighted by Crippen LogP contribution is -2.27. The smallest absolute Gasteiger partial charge is 0.0762 e. The van der Waals surface area contributed by atoms with E-state index in [-0.39, 0.29) is 0 Å². The second kappa shape index (κ2) is 5.27. The van der Waals surface area contributed by atoms with E-state index in [1.165, 1.54) is 4.88 Å². The summed E-state index contributed by atoms with van der Waals surface area (Å²) < 4.78 is 1.83. The van der Waals surface area contributed by atoms with E-state index in [9.17, 15) is 0 Å². The van der Waals surface area contributed by atoms with Crippen LogP contribution in [0.15, 0.2) is 29.8 Å². The van der Waals surface area contributed by atoms with Crippen LogP contribution in [0.4, 0.5) is 0 Å². The Morgan fingerprint density at radius 2 is 2.38 bits per heavy atom. The zero-order valence-corrected chi connectivity index (χ0v) is 10.5. The predicted molar refractivity (Wildman–Crippen MR) is 67.5 cm³/mol. The van der Waals surface area contributed by atoms with Crippen LogP contribution in [0.5, 0.6) is 0 Å². The maximum atomic E-state index is 4.34. The van der Waals surface area contributed by atoms with E-state index in [4.69, 9.17) is 0 Å². The van der Waals surface area contributed by atoms with Crippen LogP contribution in [0.2, 0.25) is 0 Å². The van der Waals surface area contributed by atoms with E-state index in [0.717, 1.165) is 18.7 Å². The number of thiophene rings is 1. The lowest BCUT2D eigenvalue weighted by molar-refractivity contribution is 0.539. The van der Waals surface area contributed by atoms with Crippen LogP contribution in [0, 0.1) is 0 Å². The van der Waals surface area contributed by atoms with E-state index in [2.05, 4.69) is 34.9 Å². The minimum Gasteiger partial charge on any atom is -0.308 e. The van der Waals surface area contributed by atoms with Gasteiger partial charge in [0.15, 0.2) is 0 Å². The highest BCUT2D eigenvalue weighted by Crippen LogP contribution is 2.11. The molecule has 0 aliphatic carbocycles. The molecule has 0 amide bonds. The number of hydrogen-bond acceptors (Lipinski definition) is 3. The molecule has 2 heterocycles. The molecule has 16 heavy (non-hydrogen) atoms. The van der Waals surface area contributed by atoms with Crippen molar-refractivity contribution < 1.29 is 0 Å². The first kappa shape index (κ1) is 11.4. The number of aryl methyl sites for hydroxylation is 1. The summed E-state index contributed by atoms with van der Waals surface area (Å²) in [6.45, 7) is 3.05. The lowest BCUT2D eigenvalue weighted by atomic mass is 10.2. The third kappa shape index (κ3) is 3.18. The van der Waals surface area contributed by atoms with Crippen molar-refractivity contribution in [2.75, 3.05) is 0 Å². The van der Waals surface area contributed by atoms with Crippen molar-refractivity contribution in [1.82, 2.24) is 15.1 Å². The van der Waals surface area contributed by atoms with Gasteiger partial charge in [0.1, 0.15) is 0 Å². The summed E-state index contributed by atoms with van der Waals surface area (Å²) >= 11 is 1.82. The number of nitrogens with zero attached hydrogens (tertiary/aromatic N) is 2. The first-order chi connectivity index (χ1) is 7.74. The van der Waals surface area contributed by atoms with E-state index in [1.807, 2.05) is 35.3 Å². The minimum atomic E-state index is 0.487.